The van der Waals surface area contributed by atoms with E-state index in [4.69, 9.17) is 10.00 Å². The lowest BCUT2D eigenvalue weighted by Crippen LogP contribution is -2.13. The SMILES string of the molecule is COc1cc(C#N)ccc1NC(=O)CCC(C)=O. The molecular weight excluding hydrogens is 232 g/mol. The van der Waals surface area contributed by atoms with E-state index in [2.05, 4.69) is 5.32 Å². The van der Waals surface area contributed by atoms with E-state index in [-0.39, 0.29) is 24.5 Å². The Hall–Kier alpha value is -2.35. The molecule has 1 aromatic rings. The van der Waals surface area contributed by atoms with Gasteiger partial charge in [0.05, 0.1) is 24.4 Å². The number of amides is 1. The number of hydrogen-bond acceptors (Lipinski definition) is 4. The highest BCUT2D eigenvalue weighted by molar-refractivity contribution is 5.94. The number of Topliss-reactive ketones (excluding diaryl/α,β-unsaturated/α-hetero) is 1. The first-order chi connectivity index (χ1) is 8.56. The van der Waals surface area contributed by atoms with Crippen molar-refractivity contribution in [3.05, 3.63) is 23.8 Å². The molecule has 0 aliphatic heterocycles. The average molecular weight is 246 g/mol. The summed E-state index contributed by atoms with van der Waals surface area (Å²) < 4.78 is 5.08. The zero-order valence-corrected chi connectivity index (χ0v) is 10.3. The molecule has 0 fully saturated rings. The van der Waals surface area contributed by atoms with Gasteiger partial charge in [0, 0.05) is 18.9 Å². The lowest BCUT2D eigenvalue weighted by molar-refractivity contribution is -0.121. The topological polar surface area (TPSA) is 79.2 Å². The molecule has 0 spiro atoms. The third-order valence-corrected chi connectivity index (χ3v) is 2.31. The Morgan fingerprint density at radius 1 is 1.39 bits per heavy atom. The van der Waals surface area contributed by atoms with Crippen LogP contribution in [0.5, 0.6) is 5.75 Å². The van der Waals surface area contributed by atoms with Crippen molar-refractivity contribution in [1.29, 1.82) is 5.26 Å². The summed E-state index contributed by atoms with van der Waals surface area (Å²) in [5.41, 5.74) is 0.943. The van der Waals surface area contributed by atoms with E-state index in [1.54, 1.807) is 18.2 Å². The van der Waals surface area contributed by atoms with Crippen LogP contribution in [-0.4, -0.2) is 18.8 Å². The quantitative estimate of drug-likeness (QED) is 0.860. The predicted molar refractivity (Wildman–Crippen MR) is 66.3 cm³/mol. The summed E-state index contributed by atoms with van der Waals surface area (Å²) in [6, 6.07) is 6.71. The first-order valence-electron chi connectivity index (χ1n) is 5.44. The number of benzene rings is 1. The summed E-state index contributed by atoms with van der Waals surface area (Å²) in [6.07, 6.45) is 0.350. The lowest BCUT2D eigenvalue weighted by atomic mass is 10.2. The lowest BCUT2D eigenvalue weighted by Gasteiger charge is -2.09. The predicted octanol–water partition coefficient (Wildman–Crippen LogP) is 1.87. The Morgan fingerprint density at radius 3 is 2.67 bits per heavy atom. The fourth-order valence-electron chi connectivity index (χ4n) is 1.37. The van der Waals surface area contributed by atoms with E-state index in [0.29, 0.717) is 17.0 Å². The van der Waals surface area contributed by atoms with E-state index < -0.39 is 0 Å². The highest BCUT2D eigenvalue weighted by Crippen LogP contribution is 2.25. The first kappa shape index (κ1) is 13.7. The van der Waals surface area contributed by atoms with Crippen molar-refractivity contribution >= 4 is 17.4 Å². The molecule has 0 saturated heterocycles. The van der Waals surface area contributed by atoms with Crippen molar-refractivity contribution in [1.82, 2.24) is 0 Å². The van der Waals surface area contributed by atoms with Crippen LogP contribution in [0.25, 0.3) is 0 Å². The van der Waals surface area contributed by atoms with Gasteiger partial charge in [-0.05, 0) is 19.1 Å². The molecule has 0 heterocycles. The number of methoxy groups -OCH3 is 1. The van der Waals surface area contributed by atoms with Gasteiger partial charge < -0.3 is 14.8 Å². The highest BCUT2D eigenvalue weighted by atomic mass is 16.5. The maximum atomic E-state index is 11.6. The number of nitrogens with one attached hydrogen (secondary N) is 1. The largest absolute Gasteiger partial charge is 0.495 e. The fourth-order valence-corrected chi connectivity index (χ4v) is 1.37. The van der Waals surface area contributed by atoms with Gasteiger partial charge in [-0.25, -0.2) is 0 Å². The second-order valence-electron chi connectivity index (χ2n) is 3.78. The maximum absolute atomic E-state index is 11.6. The third kappa shape index (κ3) is 3.91. The van der Waals surface area contributed by atoms with E-state index in [1.165, 1.54) is 14.0 Å². The number of ketones is 1. The van der Waals surface area contributed by atoms with Crippen LogP contribution in [0.3, 0.4) is 0 Å². The summed E-state index contributed by atoms with van der Waals surface area (Å²) in [5.74, 6) is 0.135. The Bertz CT molecular complexity index is 503. The molecule has 0 unspecified atom stereocenters. The molecule has 1 aromatic carbocycles. The van der Waals surface area contributed by atoms with Gasteiger partial charge >= 0.3 is 0 Å². The summed E-state index contributed by atoms with van der Waals surface area (Å²) in [7, 11) is 1.46. The first-order valence-corrected chi connectivity index (χ1v) is 5.44. The van der Waals surface area contributed by atoms with Crippen LogP contribution in [0, 0.1) is 11.3 Å². The van der Waals surface area contributed by atoms with Crippen LogP contribution in [0.1, 0.15) is 25.3 Å². The molecule has 0 atom stereocenters. The number of hydrogen-bond donors (Lipinski definition) is 1. The number of rotatable bonds is 5. The molecule has 0 aliphatic rings. The Balaban J connectivity index is 2.75. The number of ether oxygens (including phenoxy) is 1. The molecular formula is C13H14N2O3. The van der Waals surface area contributed by atoms with E-state index in [0.717, 1.165) is 0 Å². The van der Waals surface area contributed by atoms with Crippen molar-refractivity contribution in [2.75, 3.05) is 12.4 Å². The van der Waals surface area contributed by atoms with Gasteiger partial charge in [0.2, 0.25) is 5.91 Å². The standard InChI is InChI=1S/C13H14N2O3/c1-9(16)3-6-13(17)15-11-5-4-10(8-14)7-12(11)18-2/h4-5,7H,3,6H2,1-2H3,(H,15,17). The number of carbonyl (C=O) groups is 2. The van der Waals surface area contributed by atoms with Gasteiger partial charge in [-0.2, -0.15) is 5.26 Å². The van der Waals surface area contributed by atoms with Crippen LogP contribution in [0.15, 0.2) is 18.2 Å². The second kappa shape index (κ2) is 6.40. The normalized spacial score (nSPS) is 9.39. The van der Waals surface area contributed by atoms with Gasteiger partial charge in [0.15, 0.2) is 0 Å². The Kier molecular flexibility index (Phi) is 4.88. The molecule has 1 N–H and O–H groups in total. The Labute approximate surface area is 105 Å². The number of nitrogens with zero attached hydrogens (tertiary/aromatic N) is 1. The number of nitriles is 1. The molecule has 94 valence electrons. The molecule has 5 heteroatoms. The van der Waals surface area contributed by atoms with E-state index in [9.17, 15) is 9.59 Å². The van der Waals surface area contributed by atoms with Gasteiger partial charge in [-0.15, -0.1) is 0 Å². The van der Waals surface area contributed by atoms with Crippen molar-refractivity contribution in [3.63, 3.8) is 0 Å². The monoisotopic (exact) mass is 246 g/mol. The molecule has 18 heavy (non-hydrogen) atoms. The van der Waals surface area contributed by atoms with Crippen LogP contribution < -0.4 is 10.1 Å². The van der Waals surface area contributed by atoms with Crippen molar-refractivity contribution in [2.45, 2.75) is 19.8 Å². The summed E-state index contributed by atoms with van der Waals surface area (Å²) in [5, 5.41) is 11.4. The number of carbonyl (C=O) groups excluding carboxylic acids is 2. The molecule has 1 amide bonds. The minimum Gasteiger partial charge on any atom is -0.495 e. The highest BCUT2D eigenvalue weighted by Gasteiger charge is 2.09. The Morgan fingerprint density at radius 2 is 2.11 bits per heavy atom. The summed E-state index contributed by atoms with van der Waals surface area (Å²) in [4.78, 5) is 22.3. The van der Waals surface area contributed by atoms with Crippen molar-refractivity contribution < 1.29 is 14.3 Å². The zero-order valence-electron chi connectivity index (χ0n) is 10.3. The van der Waals surface area contributed by atoms with E-state index >= 15 is 0 Å². The van der Waals surface area contributed by atoms with Crippen LogP contribution in [-0.2, 0) is 9.59 Å². The molecule has 0 aliphatic carbocycles. The molecule has 5 nitrogen and oxygen atoms in total. The van der Waals surface area contributed by atoms with Crippen LogP contribution in [0.2, 0.25) is 0 Å². The summed E-state index contributed by atoms with van der Waals surface area (Å²) in [6.45, 7) is 1.44. The van der Waals surface area contributed by atoms with Gasteiger partial charge in [-0.1, -0.05) is 0 Å². The summed E-state index contributed by atoms with van der Waals surface area (Å²) >= 11 is 0. The van der Waals surface area contributed by atoms with Crippen LogP contribution in [0.4, 0.5) is 5.69 Å². The molecule has 1 rings (SSSR count). The second-order valence-corrected chi connectivity index (χ2v) is 3.78. The number of anilines is 1. The van der Waals surface area contributed by atoms with Crippen molar-refractivity contribution in [3.8, 4) is 11.8 Å². The molecule has 0 aromatic heterocycles. The maximum Gasteiger partial charge on any atom is 0.224 e. The molecule has 0 bridgehead atoms. The average Bonchev–Trinajstić information content (AvgIpc) is 2.36. The zero-order chi connectivity index (χ0) is 13.5. The molecule has 0 radical (unpaired) electrons. The van der Waals surface area contributed by atoms with Gasteiger partial charge in [-0.3, -0.25) is 4.79 Å². The molecule has 0 saturated carbocycles. The van der Waals surface area contributed by atoms with Crippen LogP contribution >= 0.6 is 0 Å². The third-order valence-electron chi connectivity index (χ3n) is 2.31. The van der Waals surface area contributed by atoms with Gasteiger partial charge in [0.1, 0.15) is 11.5 Å². The smallest absolute Gasteiger partial charge is 0.224 e. The van der Waals surface area contributed by atoms with Gasteiger partial charge in [0.25, 0.3) is 0 Å². The van der Waals surface area contributed by atoms with Crippen molar-refractivity contribution in [2.24, 2.45) is 0 Å². The van der Waals surface area contributed by atoms with E-state index in [1.807, 2.05) is 6.07 Å². The fraction of sp³-hybridized carbons (Fsp3) is 0.308. The minimum atomic E-state index is -0.256. The minimum absolute atomic E-state index is 0.0306.